The van der Waals surface area contributed by atoms with Gasteiger partial charge in [-0.05, 0) is 22.8 Å². The van der Waals surface area contributed by atoms with Crippen LogP contribution in [0.25, 0.3) is 11.1 Å². The van der Waals surface area contributed by atoms with Crippen molar-refractivity contribution >= 4 is 18.2 Å². The van der Waals surface area contributed by atoms with Gasteiger partial charge >= 0.3 is 6.03 Å². The summed E-state index contributed by atoms with van der Waals surface area (Å²) in [6.45, 7) is 0.494. The van der Waals surface area contributed by atoms with Crippen LogP contribution >= 0.6 is 0 Å². The largest absolute Gasteiger partial charge is 0.324 e. The highest BCUT2D eigenvalue weighted by Crippen LogP contribution is 2.21. The predicted molar refractivity (Wildman–Crippen MR) is 81.2 cm³/mol. The number of hydrogen-bond acceptors (Lipinski definition) is 3. The van der Waals surface area contributed by atoms with E-state index in [1.54, 1.807) is 6.07 Å². The summed E-state index contributed by atoms with van der Waals surface area (Å²) in [4.78, 5) is 34.9. The Hall–Kier alpha value is -2.95. The first-order chi connectivity index (χ1) is 10.7. The molecular formula is C17H14N2O3. The summed E-state index contributed by atoms with van der Waals surface area (Å²) in [5, 5.41) is 2.25. The highest BCUT2D eigenvalue weighted by atomic mass is 16.2. The lowest BCUT2D eigenvalue weighted by atomic mass is 10.0. The van der Waals surface area contributed by atoms with E-state index in [0.29, 0.717) is 12.1 Å². The van der Waals surface area contributed by atoms with Crippen LogP contribution in [0, 0.1) is 0 Å². The highest BCUT2D eigenvalue weighted by Gasteiger charge is 2.26. The van der Waals surface area contributed by atoms with Crippen LogP contribution in [0.1, 0.15) is 15.9 Å². The van der Waals surface area contributed by atoms with Gasteiger partial charge in [0.05, 0.1) is 0 Å². The third-order valence-electron chi connectivity index (χ3n) is 3.55. The van der Waals surface area contributed by atoms with Crippen LogP contribution in [0.3, 0.4) is 0 Å². The van der Waals surface area contributed by atoms with E-state index in [1.807, 2.05) is 42.5 Å². The molecule has 5 heteroatoms. The maximum absolute atomic E-state index is 11.5. The number of hydrogen-bond donors (Lipinski definition) is 1. The Morgan fingerprint density at radius 3 is 2.45 bits per heavy atom. The number of imide groups is 1. The molecule has 0 radical (unpaired) electrons. The molecule has 1 saturated heterocycles. The molecule has 22 heavy (non-hydrogen) atoms. The van der Waals surface area contributed by atoms with Gasteiger partial charge in [-0.3, -0.25) is 14.9 Å². The van der Waals surface area contributed by atoms with E-state index in [4.69, 9.17) is 0 Å². The van der Waals surface area contributed by atoms with E-state index in [0.717, 1.165) is 23.0 Å². The summed E-state index contributed by atoms with van der Waals surface area (Å²) in [6.07, 6.45) is 0.820. The molecule has 1 aliphatic heterocycles. The molecule has 5 nitrogen and oxygen atoms in total. The van der Waals surface area contributed by atoms with E-state index in [1.165, 1.54) is 4.90 Å². The van der Waals surface area contributed by atoms with Crippen LogP contribution in [0.2, 0.25) is 0 Å². The summed E-state index contributed by atoms with van der Waals surface area (Å²) in [6, 6.07) is 14.7. The number of carbonyl (C=O) groups excluding carboxylic acids is 3. The van der Waals surface area contributed by atoms with Crippen molar-refractivity contribution in [2.45, 2.75) is 6.54 Å². The SMILES string of the molecule is O=Cc1cccc(-c2ccc(CN3CC(=O)NC3=O)cc2)c1. The summed E-state index contributed by atoms with van der Waals surface area (Å²) in [7, 11) is 0. The van der Waals surface area contributed by atoms with Crippen LogP contribution in [0.4, 0.5) is 4.79 Å². The standard InChI is InChI=1S/C17H14N2O3/c20-11-13-2-1-3-15(8-13)14-6-4-12(5-7-14)9-19-10-16(21)18-17(19)22/h1-8,11H,9-10H2,(H,18,21,22). The van der Waals surface area contributed by atoms with Crippen LogP contribution < -0.4 is 5.32 Å². The van der Waals surface area contributed by atoms with Gasteiger partial charge in [0.2, 0.25) is 5.91 Å². The van der Waals surface area contributed by atoms with Gasteiger partial charge in [0.1, 0.15) is 12.8 Å². The zero-order chi connectivity index (χ0) is 15.5. The molecule has 1 fully saturated rings. The topological polar surface area (TPSA) is 66.5 Å². The van der Waals surface area contributed by atoms with Gasteiger partial charge in [-0.15, -0.1) is 0 Å². The van der Waals surface area contributed by atoms with Gasteiger partial charge in [0, 0.05) is 12.1 Å². The van der Waals surface area contributed by atoms with Crippen molar-refractivity contribution in [1.82, 2.24) is 10.2 Å². The Morgan fingerprint density at radius 1 is 1.05 bits per heavy atom. The van der Waals surface area contributed by atoms with Crippen molar-refractivity contribution < 1.29 is 14.4 Å². The number of rotatable bonds is 4. The monoisotopic (exact) mass is 294 g/mol. The van der Waals surface area contributed by atoms with E-state index >= 15 is 0 Å². The Kier molecular flexibility index (Phi) is 3.70. The van der Waals surface area contributed by atoms with Crippen molar-refractivity contribution in [3.8, 4) is 11.1 Å². The normalized spacial score (nSPS) is 14.1. The molecule has 0 spiro atoms. The molecule has 2 aromatic rings. The lowest BCUT2D eigenvalue weighted by molar-refractivity contribution is -0.118. The number of nitrogens with zero attached hydrogens (tertiary/aromatic N) is 1. The molecule has 1 N–H and O–H groups in total. The third kappa shape index (κ3) is 2.88. The molecule has 1 aliphatic rings. The first kappa shape index (κ1) is 14.0. The van der Waals surface area contributed by atoms with Crippen LogP contribution in [0.15, 0.2) is 48.5 Å². The van der Waals surface area contributed by atoms with Crippen molar-refractivity contribution in [3.63, 3.8) is 0 Å². The fraction of sp³-hybridized carbons (Fsp3) is 0.118. The molecule has 0 bridgehead atoms. The minimum atomic E-state index is -0.354. The third-order valence-corrected chi connectivity index (χ3v) is 3.55. The Morgan fingerprint density at radius 2 is 1.82 bits per heavy atom. The average molecular weight is 294 g/mol. The lowest BCUT2D eigenvalue weighted by Gasteiger charge is -2.13. The molecule has 3 rings (SSSR count). The molecule has 0 aliphatic carbocycles. The Bertz CT molecular complexity index is 738. The quantitative estimate of drug-likeness (QED) is 0.694. The maximum Gasteiger partial charge on any atom is 0.324 e. The highest BCUT2D eigenvalue weighted by molar-refractivity contribution is 6.01. The molecule has 2 aromatic carbocycles. The number of aldehydes is 1. The van der Waals surface area contributed by atoms with Crippen LogP contribution in [-0.2, 0) is 11.3 Å². The summed E-state index contributed by atoms with van der Waals surface area (Å²) < 4.78 is 0. The second-order valence-corrected chi connectivity index (χ2v) is 5.15. The van der Waals surface area contributed by atoms with Crippen molar-refractivity contribution in [3.05, 3.63) is 59.7 Å². The second-order valence-electron chi connectivity index (χ2n) is 5.15. The molecule has 0 saturated carbocycles. The van der Waals surface area contributed by atoms with Gasteiger partial charge < -0.3 is 4.90 Å². The summed E-state index contributed by atoms with van der Waals surface area (Å²) in [5.41, 5.74) is 3.54. The smallest absolute Gasteiger partial charge is 0.311 e. The minimum absolute atomic E-state index is 0.0992. The summed E-state index contributed by atoms with van der Waals surface area (Å²) in [5.74, 6) is -0.271. The first-order valence-corrected chi connectivity index (χ1v) is 6.89. The number of carbonyl (C=O) groups is 3. The average Bonchev–Trinajstić information content (AvgIpc) is 2.86. The molecule has 110 valence electrons. The molecule has 0 aromatic heterocycles. The van der Waals surface area contributed by atoms with E-state index < -0.39 is 0 Å². The van der Waals surface area contributed by atoms with Gasteiger partial charge in [-0.1, -0.05) is 42.5 Å². The van der Waals surface area contributed by atoms with E-state index in [-0.39, 0.29) is 18.5 Å². The number of benzene rings is 2. The zero-order valence-electron chi connectivity index (χ0n) is 11.8. The molecule has 0 unspecified atom stereocenters. The minimum Gasteiger partial charge on any atom is -0.311 e. The molecular weight excluding hydrogens is 280 g/mol. The first-order valence-electron chi connectivity index (χ1n) is 6.89. The van der Waals surface area contributed by atoms with Crippen molar-refractivity contribution in [1.29, 1.82) is 0 Å². The molecule has 1 heterocycles. The number of urea groups is 1. The Labute approximate surface area is 127 Å². The second kappa shape index (κ2) is 5.81. The van der Waals surface area contributed by atoms with Gasteiger partial charge in [-0.25, -0.2) is 4.79 Å². The summed E-state index contributed by atoms with van der Waals surface area (Å²) >= 11 is 0. The van der Waals surface area contributed by atoms with Crippen LogP contribution in [0.5, 0.6) is 0 Å². The fourth-order valence-electron chi connectivity index (χ4n) is 2.43. The molecule has 0 atom stereocenters. The number of amides is 3. The van der Waals surface area contributed by atoms with Gasteiger partial charge in [0.15, 0.2) is 0 Å². The van der Waals surface area contributed by atoms with Crippen molar-refractivity contribution in [2.75, 3.05) is 6.54 Å². The van der Waals surface area contributed by atoms with Crippen LogP contribution in [-0.4, -0.2) is 29.7 Å². The number of nitrogens with one attached hydrogen (secondary N) is 1. The van der Waals surface area contributed by atoms with Gasteiger partial charge in [0.25, 0.3) is 0 Å². The van der Waals surface area contributed by atoms with Crippen molar-refractivity contribution in [2.24, 2.45) is 0 Å². The zero-order valence-corrected chi connectivity index (χ0v) is 11.8. The lowest BCUT2D eigenvalue weighted by Crippen LogP contribution is -2.27. The maximum atomic E-state index is 11.5. The molecule has 3 amide bonds. The van der Waals surface area contributed by atoms with Gasteiger partial charge in [-0.2, -0.15) is 0 Å². The fourth-order valence-corrected chi connectivity index (χ4v) is 2.43. The van der Waals surface area contributed by atoms with E-state index in [2.05, 4.69) is 5.32 Å². The van der Waals surface area contributed by atoms with E-state index in [9.17, 15) is 14.4 Å². The Balaban J connectivity index is 1.76. The predicted octanol–water partition coefficient (Wildman–Crippen LogP) is 2.22.